The predicted octanol–water partition coefficient (Wildman–Crippen LogP) is 0.570. The Morgan fingerprint density at radius 2 is 1.76 bits per heavy atom. The lowest BCUT2D eigenvalue weighted by Crippen LogP contribution is -2.36. The molecule has 0 amide bonds. The fraction of sp³-hybridized carbons (Fsp3) is 0.200. The van der Waals surface area contributed by atoms with Crippen LogP contribution in [0.3, 0.4) is 0 Å². The van der Waals surface area contributed by atoms with Gasteiger partial charge in [0, 0.05) is 26.7 Å². The van der Waals surface area contributed by atoms with E-state index in [1.54, 1.807) is 17.8 Å². The van der Waals surface area contributed by atoms with Crippen LogP contribution in [0.1, 0.15) is 11.3 Å². The summed E-state index contributed by atoms with van der Waals surface area (Å²) in [6, 6.07) is 9.88. The molecule has 0 saturated carbocycles. The first-order valence-electron chi connectivity index (χ1n) is 6.53. The third-order valence-electron chi connectivity index (χ3n) is 3.37. The second kappa shape index (κ2) is 4.97. The van der Waals surface area contributed by atoms with Crippen molar-refractivity contribution in [2.45, 2.75) is 6.42 Å². The molecule has 0 radical (unpaired) electrons. The molecule has 0 saturated heterocycles. The molecule has 2 heterocycles. The number of aromatic nitrogens is 4. The molecular formula is C15H14N4O2. The zero-order valence-electron chi connectivity index (χ0n) is 11.8. The highest BCUT2D eigenvalue weighted by Gasteiger charge is 2.17. The van der Waals surface area contributed by atoms with Crippen LogP contribution in [-0.2, 0) is 20.5 Å². The average Bonchev–Trinajstić information content (AvgIpc) is 2.47. The molecule has 0 bridgehead atoms. The van der Waals surface area contributed by atoms with Crippen molar-refractivity contribution in [3.05, 3.63) is 68.6 Å². The number of nitrogens with zero attached hydrogens (tertiary/aromatic N) is 4. The van der Waals surface area contributed by atoms with Crippen molar-refractivity contribution in [2.75, 3.05) is 0 Å². The normalized spacial score (nSPS) is 11.0. The topological polar surface area (TPSA) is 69.8 Å². The Hall–Kier alpha value is -2.76. The van der Waals surface area contributed by atoms with Gasteiger partial charge in [0.1, 0.15) is 0 Å². The summed E-state index contributed by atoms with van der Waals surface area (Å²) in [4.78, 5) is 32.0. The van der Waals surface area contributed by atoms with E-state index in [1.807, 2.05) is 30.3 Å². The van der Waals surface area contributed by atoms with Gasteiger partial charge in [-0.05, 0) is 5.56 Å². The van der Waals surface area contributed by atoms with Crippen LogP contribution in [-0.4, -0.2) is 19.1 Å². The van der Waals surface area contributed by atoms with Gasteiger partial charge in [-0.25, -0.2) is 9.78 Å². The van der Waals surface area contributed by atoms with Gasteiger partial charge < -0.3 is 4.57 Å². The van der Waals surface area contributed by atoms with Crippen molar-refractivity contribution >= 4 is 0 Å². The van der Waals surface area contributed by atoms with E-state index < -0.39 is 11.2 Å². The molecule has 1 aromatic carbocycles. The van der Waals surface area contributed by atoms with Crippen molar-refractivity contribution in [1.29, 1.82) is 0 Å². The highest BCUT2D eigenvalue weighted by atomic mass is 16.2. The summed E-state index contributed by atoms with van der Waals surface area (Å²) in [5.74, 6) is 0.305. The largest absolute Gasteiger partial charge is 0.352 e. The highest BCUT2D eigenvalue weighted by molar-refractivity contribution is 5.49. The van der Waals surface area contributed by atoms with E-state index in [4.69, 9.17) is 0 Å². The van der Waals surface area contributed by atoms with Gasteiger partial charge in [-0.2, -0.15) is 4.98 Å². The molecular weight excluding hydrogens is 268 g/mol. The van der Waals surface area contributed by atoms with Crippen LogP contribution in [0.4, 0.5) is 0 Å². The summed E-state index contributed by atoms with van der Waals surface area (Å²) in [7, 11) is 3.16. The van der Waals surface area contributed by atoms with Crippen molar-refractivity contribution in [3.63, 3.8) is 0 Å². The van der Waals surface area contributed by atoms with Crippen molar-refractivity contribution in [3.8, 4) is 11.5 Å². The average molecular weight is 282 g/mol. The van der Waals surface area contributed by atoms with E-state index in [-0.39, 0.29) is 5.69 Å². The molecule has 1 aromatic rings. The summed E-state index contributed by atoms with van der Waals surface area (Å²) in [5, 5.41) is 0. The fourth-order valence-corrected chi connectivity index (χ4v) is 2.25. The minimum Gasteiger partial charge on any atom is -0.332 e. The Labute approximate surface area is 120 Å². The molecule has 2 aliphatic heterocycles. The smallest absolute Gasteiger partial charge is 0.332 e. The molecule has 106 valence electrons. The summed E-state index contributed by atoms with van der Waals surface area (Å²) in [6.45, 7) is 0. The maximum Gasteiger partial charge on any atom is 0.352 e. The van der Waals surface area contributed by atoms with Crippen LogP contribution in [0, 0.1) is 0 Å². The van der Waals surface area contributed by atoms with E-state index in [1.165, 1.54) is 7.05 Å². The molecule has 0 fully saturated rings. The third-order valence-corrected chi connectivity index (χ3v) is 3.37. The number of hydrogen-bond donors (Lipinski definition) is 0. The summed E-state index contributed by atoms with van der Waals surface area (Å²) >= 11 is 0. The van der Waals surface area contributed by atoms with Gasteiger partial charge in [-0.1, -0.05) is 30.3 Å². The Morgan fingerprint density at radius 3 is 2.48 bits per heavy atom. The SMILES string of the molecule is Cn1cc(Cc2ccccc2)nc2c(=O)n(C)c(=O)nc1-2. The zero-order chi connectivity index (χ0) is 15.0. The van der Waals surface area contributed by atoms with Gasteiger partial charge in [0.15, 0.2) is 11.5 Å². The standard InChI is InChI=1S/C15H14N4O2/c1-18-9-11(8-10-6-4-3-5-7-10)16-12-13(18)17-15(21)19(2)14(12)20/h3-7,9H,8H2,1-2H3. The van der Waals surface area contributed by atoms with Gasteiger partial charge in [0.05, 0.1) is 5.69 Å². The van der Waals surface area contributed by atoms with Crippen LogP contribution in [0.5, 0.6) is 0 Å². The molecule has 6 heteroatoms. The van der Waals surface area contributed by atoms with E-state index in [9.17, 15) is 9.59 Å². The van der Waals surface area contributed by atoms with E-state index >= 15 is 0 Å². The predicted molar refractivity (Wildman–Crippen MR) is 78.4 cm³/mol. The summed E-state index contributed by atoms with van der Waals surface area (Å²) in [5.41, 5.74) is 1.09. The first-order chi connectivity index (χ1) is 10.1. The zero-order valence-corrected chi connectivity index (χ0v) is 11.8. The van der Waals surface area contributed by atoms with E-state index in [2.05, 4.69) is 9.97 Å². The van der Waals surface area contributed by atoms with Gasteiger partial charge in [-0.15, -0.1) is 0 Å². The number of benzene rings is 1. The number of rotatable bonds is 2. The Morgan fingerprint density at radius 1 is 1.05 bits per heavy atom. The lowest BCUT2D eigenvalue weighted by Gasteiger charge is -2.12. The summed E-state index contributed by atoms with van der Waals surface area (Å²) < 4.78 is 2.64. The van der Waals surface area contributed by atoms with Crippen LogP contribution in [0.25, 0.3) is 11.5 Å². The molecule has 21 heavy (non-hydrogen) atoms. The highest BCUT2D eigenvalue weighted by Crippen LogP contribution is 2.13. The van der Waals surface area contributed by atoms with Crippen LogP contribution in [0.15, 0.2) is 46.1 Å². The van der Waals surface area contributed by atoms with E-state index in [0.717, 1.165) is 15.8 Å². The first kappa shape index (κ1) is 13.2. The first-order valence-corrected chi connectivity index (χ1v) is 6.53. The monoisotopic (exact) mass is 282 g/mol. The fourth-order valence-electron chi connectivity index (χ4n) is 2.25. The molecule has 0 N–H and O–H groups in total. The maximum atomic E-state index is 12.2. The van der Waals surface area contributed by atoms with Gasteiger partial charge in [0.25, 0.3) is 5.56 Å². The summed E-state index contributed by atoms with van der Waals surface area (Å²) in [6.07, 6.45) is 2.41. The van der Waals surface area contributed by atoms with E-state index in [0.29, 0.717) is 12.2 Å². The number of fused-ring (bicyclic) bond motifs is 1. The van der Waals surface area contributed by atoms with Crippen LogP contribution >= 0.6 is 0 Å². The minimum absolute atomic E-state index is 0.216. The van der Waals surface area contributed by atoms with Gasteiger partial charge in [-0.3, -0.25) is 9.36 Å². The third kappa shape index (κ3) is 2.35. The molecule has 2 aliphatic rings. The second-order valence-corrected chi connectivity index (χ2v) is 4.94. The molecule has 0 unspecified atom stereocenters. The van der Waals surface area contributed by atoms with Crippen molar-refractivity contribution < 1.29 is 0 Å². The van der Waals surface area contributed by atoms with Gasteiger partial charge in [0.2, 0.25) is 0 Å². The molecule has 6 nitrogen and oxygen atoms in total. The van der Waals surface area contributed by atoms with Gasteiger partial charge >= 0.3 is 5.69 Å². The Kier molecular flexibility index (Phi) is 3.13. The molecule has 3 rings (SSSR count). The molecule has 0 spiro atoms. The lowest BCUT2D eigenvalue weighted by atomic mass is 10.1. The molecule has 0 aliphatic carbocycles. The Bertz CT molecular complexity index is 881. The molecule has 0 atom stereocenters. The number of hydrogen-bond acceptors (Lipinski definition) is 4. The van der Waals surface area contributed by atoms with Crippen LogP contribution < -0.4 is 11.2 Å². The van der Waals surface area contributed by atoms with Crippen LogP contribution in [0.2, 0.25) is 0 Å². The minimum atomic E-state index is -0.569. The maximum absolute atomic E-state index is 12.2. The second-order valence-electron chi connectivity index (χ2n) is 4.94. The number of aryl methyl sites for hydroxylation is 1. The van der Waals surface area contributed by atoms with Crippen molar-refractivity contribution in [1.82, 2.24) is 19.1 Å². The quantitative estimate of drug-likeness (QED) is 0.689. The molecule has 0 aromatic heterocycles. The lowest BCUT2D eigenvalue weighted by molar-refractivity contribution is 0.731. The Balaban J connectivity index is 2.17. The van der Waals surface area contributed by atoms with Crippen molar-refractivity contribution in [2.24, 2.45) is 14.1 Å².